The van der Waals surface area contributed by atoms with Crippen LogP contribution < -0.4 is 11.1 Å². The average Bonchev–Trinajstić information content (AvgIpc) is 2.92. The molecule has 0 bridgehead atoms. The first kappa shape index (κ1) is 23.9. The monoisotopic (exact) mass is 468 g/mol. The number of morpholine rings is 1. The summed E-state index contributed by atoms with van der Waals surface area (Å²) in [6.45, 7) is 2.79. The third-order valence-electron chi connectivity index (χ3n) is 5.60. The van der Waals surface area contributed by atoms with Gasteiger partial charge in [-0.25, -0.2) is 4.99 Å². The summed E-state index contributed by atoms with van der Waals surface area (Å²) >= 11 is 0. The van der Waals surface area contributed by atoms with Crippen molar-refractivity contribution in [3.05, 3.63) is 102 Å². The molecule has 1 heterocycles. The zero-order chi connectivity index (χ0) is 24.5. The van der Waals surface area contributed by atoms with Crippen molar-refractivity contribution in [1.82, 2.24) is 10.2 Å². The maximum Gasteiger partial charge on any atom is 0.254 e. The van der Waals surface area contributed by atoms with Crippen LogP contribution in [0.25, 0.3) is 17.2 Å². The SMILES string of the molecule is NC(=NCc1ccccc1)NC(=O)C=Cc1cccc(-c2ccc(C(=O)N3CCOCC3)cc2)c1. The molecule has 0 saturated carbocycles. The van der Waals surface area contributed by atoms with Gasteiger partial charge in [-0.2, -0.15) is 0 Å². The highest BCUT2D eigenvalue weighted by molar-refractivity contribution is 6.03. The van der Waals surface area contributed by atoms with Gasteiger partial charge >= 0.3 is 0 Å². The Morgan fingerprint density at radius 2 is 1.69 bits per heavy atom. The fourth-order valence-corrected chi connectivity index (χ4v) is 3.72. The molecular weight excluding hydrogens is 440 g/mol. The number of nitrogens with one attached hydrogen (secondary N) is 1. The molecule has 0 spiro atoms. The lowest BCUT2D eigenvalue weighted by Crippen LogP contribution is -2.40. The van der Waals surface area contributed by atoms with E-state index in [1.165, 1.54) is 6.08 Å². The molecule has 3 N–H and O–H groups in total. The van der Waals surface area contributed by atoms with Gasteiger partial charge in [-0.1, -0.05) is 60.7 Å². The molecule has 0 aliphatic carbocycles. The molecule has 1 aliphatic rings. The molecule has 1 fully saturated rings. The number of hydrogen-bond donors (Lipinski definition) is 2. The summed E-state index contributed by atoms with van der Waals surface area (Å²) in [5, 5.41) is 2.57. The van der Waals surface area contributed by atoms with Crippen molar-refractivity contribution >= 4 is 23.8 Å². The third-order valence-corrected chi connectivity index (χ3v) is 5.60. The Bertz CT molecular complexity index is 1210. The van der Waals surface area contributed by atoms with Gasteiger partial charge < -0.3 is 15.4 Å². The highest BCUT2D eigenvalue weighted by Crippen LogP contribution is 2.22. The first-order valence-corrected chi connectivity index (χ1v) is 11.5. The minimum Gasteiger partial charge on any atom is -0.378 e. The van der Waals surface area contributed by atoms with Crippen LogP contribution in [0.4, 0.5) is 0 Å². The number of aliphatic imine (C=N–C) groups is 1. The Morgan fingerprint density at radius 1 is 0.943 bits per heavy atom. The van der Waals surface area contributed by atoms with E-state index < -0.39 is 0 Å². The first-order valence-electron chi connectivity index (χ1n) is 11.5. The lowest BCUT2D eigenvalue weighted by molar-refractivity contribution is -0.115. The van der Waals surface area contributed by atoms with E-state index in [0.29, 0.717) is 38.4 Å². The van der Waals surface area contributed by atoms with Crippen molar-refractivity contribution < 1.29 is 14.3 Å². The van der Waals surface area contributed by atoms with Crippen LogP contribution in [0.3, 0.4) is 0 Å². The molecule has 1 saturated heterocycles. The Labute approximate surface area is 204 Å². The molecule has 0 aromatic heterocycles. The molecule has 3 aromatic carbocycles. The van der Waals surface area contributed by atoms with E-state index in [-0.39, 0.29) is 17.8 Å². The molecule has 7 nitrogen and oxygen atoms in total. The Balaban J connectivity index is 1.36. The molecule has 1 aliphatic heterocycles. The van der Waals surface area contributed by atoms with E-state index in [1.807, 2.05) is 83.8 Å². The number of rotatable bonds is 6. The highest BCUT2D eigenvalue weighted by Gasteiger charge is 2.18. The highest BCUT2D eigenvalue weighted by atomic mass is 16.5. The van der Waals surface area contributed by atoms with Gasteiger partial charge in [-0.05, 0) is 46.5 Å². The number of carbonyl (C=O) groups excluding carboxylic acids is 2. The predicted octanol–water partition coefficient (Wildman–Crippen LogP) is 3.47. The number of guanidine groups is 1. The van der Waals surface area contributed by atoms with Gasteiger partial charge in [0.15, 0.2) is 5.96 Å². The molecule has 7 heteroatoms. The van der Waals surface area contributed by atoms with Crippen molar-refractivity contribution in [3.63, 3.8) is 0 Å². The largest absolute Gasteiger partial charge is 0.378 e. The quantitative estimate of drug-likeness (QED) is 0.329. The van der Waals surface area contributed by atoms with Crippen molar-refractivity contribution in [1.29, 1.82) is 0 Å². The number of benzene rings is 3. The van der Waals surface area contributed by atoms with Gasteiger partial charge in [0.25, 0.3) is 11.8 Å². The number of nitrogens with zero attached hydrogens (tertiary/aromatic N) is 2. The Hall–Kier alpha value is -4.23. The minimum absolute atomic E-state index is 0.0223. The van der Waals surface area contributed by atoms with Crippen molar-refractivity contribution in [2.75, 3.05) is 26.3 Å². The van der Waals surface area contributed by atoms with E-state index in [9.17, 15) is 9.59 Å². The van der Waals surface area contributed by atoms with Crippen LogP contribution in [0.15, 0.2) is 89.9 Å². The fourth-order valence-electron chi connectivity index (χ4n) is 3.72. The maximum atomic E-state index is 12.6. The molecule has 2 amide bonds. The van der Waals surface area contributed by atoms with Crippen LogP contribution in [-0.4, -0.2) is 49.0 Å². The summed E-state index contributed by atoms with van der Waals surface area (Å²) in [5.41, 5.74) is 10.3. The number of amides is 2. The smallest absolute Gasteiger partial charge is 0.254 e. The van der Waals surface area contributed by atoms with Crippen molar-refractivity contribution in [2.45, 2.75) is 6.54 Å². The second kappa shape index (κ2) is 11.8. The molecule has 0 unspecified atom stereocenters. The number of nitrogens with two attached hydrogens (primary N) is 1. The predicted molar refractivity (Wildman–Crippen MR) is 138 cm³/mol. The third kappa shape index (κ3) is 6.88. The van der Waals surface area contributed by atoms with Gasteiger partial charge in [-0.15, -0.1) is 0 Å². The molecule has 0 atom stereocenters. The topological polar surface area (TPSA) is 97.0 Å². The van der Waals surface area contributed by atoms with E-state index in [4.69, 9.17) is 10.5 Å². The van der Waals surface area contributed by atoms with E-state index in [1.54, 1.807) is 6.08 Å². The van der Waals surface area contributed by atoms with Gasteiger partial charge in [0.2, 0.25) is 0 Å². The lowest BCUT2D eigenvalue weighted by atomic mass is 10.0. The van der Waals surface area contributed by atoms with Crippen LogP contribution in [0, 0.1) is 0 Å². The normalized spacial score (nSPS) is 14.2. The summed E-state index contributed by atoms with van der Waals surface area (Å²) in [5.74, 6) is -0.256. The standard InChI is InChI=1S/C28H28N4O3/c29-28(30-20-22-5-2-1-3-6-22)31-26(33)14-9-21-7-4-8-25(19-21)23-10-12-24(13-11-23)27(34)32-15-17-35-18-16-32/h1-14,19H,15-18,20H2,(H3,29,30,31,33). The lowest BCUT2D eigenvalue weighted by Gasteiger charge is -2.26. The van der Waals surface area contributed by atoms with Gasteiger partial charge in [0, 0.05) is 24.7 Å². The number of ether oxygens (including phenoxy) is 1. The second-order valence-corrected chi connectivity index (χ2v) is 8.12. The van der Waals surface area contributed by atoms with Crippen LogP contribution in [0.5, 0.6) is 0 Å². The number of hydrogen-bond acceptors (Lipinski definition) is 4. The minimum atomic E-state index is -0.351. The molecule has 0 radical (unpaired) electrons. The molecule has 4 rings (SSSR count). The summed E-state index contributed by atoms with van der Waals surface area (Å²) in [6, 6.07) is 25.1. The average molecular weight is 469 g/mol. The summed E-state index contributed by atoms with van der Waals surface area (Å²) in [4.78, 5) is 30.9. The van der Waals surface area contributed by atoms with Gasteiger partial charge in [0.1, 0.15) is 0 Å². The van der Waals surface area contributed by atoms with E-state index in [0.717, 1.165) is 22.3 Å². The fraction of sp³-hybridized carbons (Fsp3) is 0.179. The number of carbonyl (C=O) groups is 2. The molecule has 3 aromatic rings. The van der Waals surface area contributed by atoms with Crippen molar-refractivity contribution in [3.8, 4) is 11.1 Å². The zero-order valence-corrected chi connectivity index (χ0v) is 19.4. The van der Waals surface area contributed by atoms with Crippen LogP contribution >= 0.6 is 0 Å². The van der Waals surface area contributed by atoms with Crippen molar-refractivity contribution in [2.24, 2.45) is 10.7 Å². The first-order chi connectivity index (χ1) is 17.1. The molecule has 35 heavy (non-hydrogen) atoms. The van der Waals surface area contributed by atoms with Crippen LogP contribution in [-0.2, 0) is 16.1 Å². The Kier molecular flexibility index (Phi) is 8.04. The zero-order valence-electron chi connectivity index (χ0n) is 19.4. The van der Waals surface area contributed by atoms with Crippen LogP contribution in [0.2, 0.25) is 0 Å². The Morgan fingerprint density at radius 3 is 2.43 bits per heavy atom. The summed E-state index contributed by atoms with van der Waals surface area (Å²) < 4.78 is 5.32. The van der Waals surface area contributed by atoms with Gasteiger partial charge in [-0.3, -0.25) is 14.9 Å². The van der Waals surface area contributed by atoms with Crippen LogP contribution in [0.1, 0.15) is 21.5 Å². The summed E-state index contributed by atoms with van der Waals surface area (Å²) in [6.07, 6.45) is 3.15. The second-order valence-electron chi connectivity index (χ2n) is 8.12. The molecule has 178 valence electrons. The van der Waals surface area contributed by atoms with E-state index in [2.05, 4.69) is 10.3 Å². The van der Waals surface area contributed by atoms with E-state index >= 15 is 0 Å². The van der Waals surface area contributed by atoms with Gasteiger partial charge in [0.05, 0.1) is 19.8 Å². The maximum absolute atomic E-state index is 12.6. The summed E-state index contributed by atoms with van der Waals surface area (Å²) in [7, 11) is 0. The molecular formula is C28H28N4O3.